The maximum absolute atomic E-state index is 13.0. The number of rotatable bonds is 3. The zero-order valence-corrected chi connectivity index (χ0v) is 15.1. The van der Waals surface area contributed by atoms with Gasteiger partial charge in [-0.05, 0) is 36.5 Å². The van der Waals surface area contributed by atoms with Crippen LogP contribution in [0.5, 0.6) is 11.5 Å². The standard InChI is InChI=1S/C19H22N4O3/c1-4-26-15-7-11(5-6-13(15)24)17-16-12(8-19(2,3)9-14(16)25)22-18-20-10-21-23(17)18/h5-7,10,17,24H,4,8-9H2,1-3H3,(H,20,21,22)/t17-/m1/s1. The van der Waals surface area contributed by atoms with Gasteiger partial charge in [0.25, 0.3) is 0 Å². The molecule has 0 saturated carbocycles. The molecule has 1 aliphatic heterocycles. The normalized spacial score (nSPS) is 21.0. The highest BCUT2D eigenvalue weighted by Gasteiger charge is 2.41. The number of aromatic nitrogens is 3. The highest BCUT2D eigenvalue weighted by atomic mass is 16.5. The van der Waals surface area contributed by atoms with Gasteiger partial charge in [0.15, 0.2) is 17.3 Å². The number of nitrogens with zero attached hydrogens (tertiary/aromatic N) is 3. The molecule has 4 rings (SSSR count). The first-order valence-corrected chi connectivity index (χ1v) is 8.78. The van der Waals surface area contributed by atoms with Crippen LogP contribution in [0.2, 0.25) is 0 Å². The summed E-state index contributed by atoms with van der Waals surface area (Å²) in [5.74, 6) is 1.20. The molecule has 0 saturated heterocycles. The van der Waals surface area contributed by atoms with Crippen molar-refractivity contribution in [3.8, 4) is 11.5 Å². The molecule has 0 radical (unpaired) electrons. The fraction of sp³-hybridized carbons (Fsp3) is 0.421. The molecule has 2 aliphatic rings. The molecule has 7 heteroatoms. The average Bonchev–Trinajstić information content (AvgIpc) is 3.02. The molecule has 7 nitrogen and oxygen atoms in total. The van der Waals surface area contributed by atoms with E-state index in [0.717, 1.165) is 23.3 Å². The summed E-state index contributed by atoms with van der Waals surface area (Å²) in [6.07, 6.45) is 2.74. The summed E-state index contributed by atoms with van der Waals surface area (Å²) < 4.78 is 7.24. The number of carbonyl (C=O) groups is 1. The lowest BCUT2D eigenvalue weighted by molar-refractivity contribution is -0.118. The number of allylic oxidation sites excluding steroid dienone is 2. The second kappa shape index (κ2) is 5.86. The topological polar surface area (TPSA) is 89.3 Å². The Morgan fingerprint density at radius 3 is 2.96 bits per heavy atom. The number of phenolic OH excluding ortho intramolecular Hbond substituents is 1. The van der Waals surface area contributed by atoms with Crippen LogP contribution in [0, 0.1) is 5.41 Å². The number of hydrogen-bond donors (Lipinski definition) is 2. The van der Waals surface area contributed by atoms with E-state index in [-0.39, 0.29) is 23.0 Å². The van der Waals surface area contributed by atoms with Crippen molar-refractivity contribution < 1.29 is 14.6 Å². The molecule has 1 aromatic heterocycles. The minimum absolute atomic E-state index is 0.0775. The smallest absolute Gasteiger partial charge is 0.226 e. The maximum Gasteiger partial charge on any atom is 0.226 e. The van der Waals surface area contributed by atoms with E-state index >= 15 is 0 Å². The van der Waals surface area contributed by atoms with E-state index in [4.69, 9.17) is 4.74 Å². The second-order valence-corrected chi connectivity index (χ2v) is 7.55. The number of Topliss-reactive ketones (excluding diaryl/α,β-unsaturated/α-hetero) is 1. The van der Waals surface area contributed by atoms with Gasteiger partial charge in [-0.15, -0.1) is 0 Å². The molecule has 0 unspecified atom stereocenters. The van der Waals surface area contributed by atoms with Crippen LogP contribution in [0.25, 0.3) is 0 Å². The first kappa shape index (κ1) is 16.6. The minimum atomic E-state index is -0.382. The van der Waals surface area contributed by atoms with Crippen molar-refractivity contribution in [2.24, 2.45) is 5.41 Å². The third-order valence-corrected chi connectivity index (χ3v) is 4.87. The van der Waals surface area contributed by atoms with Crippen molar-refractivity contribution in [1.82, 2.24) is 14.8 Å². The Labute approximate surface area is 151 Å². The molecule has 0 fully saturated rings. The van der Waals surface area contributed by atoms with E-state index in [9.17, 15) is 9.90 Å². The van der Waals surface area contributed by atoms with Crippen molar-refractivity contribution in [3.63, 3.8) is 0 Å². The molecule has 1 aliphatic carbocycles. The van der Waals surface area contributed by atoms with Crippen LogP contribution in [0.4, 0.5) is 5.95 Å². The van der Waals surface area contributed by atoms with Crippen LogP contribution in [-0.4, -0.2) is 32.3 Å². The highest BCUT2D eigenvalue weighted by Crippen LogP contribution is 2.46. The Morgan fingerprint density at radius 1 is 1.38 bits per heavy atom. The van der Waals surface area contributed by atoms with Crippen molar-refractivity contribution in [2.45, 2.75) is 39.7 Å². The zero-order chi connectivity index (χ0) is 18.5. The summed E-state index contributed by atoms with van der Waals surface area (Å²) in [6.45, 7) is 6.50. The number of anilines is 1. The number of fused-ring (bicyclic) bond motifs is 1. The number of phenols is 1. The van der Waals surface area contributed by atoms with Gasteiger partial charge < -0.3 is 15.2 Å². The molecule has 1 atom stereocenters. The van der Waals surface area contributed by atoms with Crippen molar-refractivity contribution in [2.75, 3.05) is 11.9 Å². The number of benzene rings is 1. The number of nitrogens with one attached hydrogen (secondary N) is 1. The second-order valence-electron chi connectivity index (χ2n) is 7.55. The number of ether oxygens (including phenoxy) is 1. The van der Waals surface area contributed by atoms with Crippen molar-refractivity contribution in [1.29, 1.82) is 0 Å². The number of hydrogen-bond acceptors (Lipinski definition) is 6. The molecule has 0 bridgehead atoms. The molecule has 2 aromatic rings. The monoisotopic (exact) mass is 354 g/mol. The minimum Gasteiger partial charge on any atom is -0.504 e. The van der Waals surface area contributed by atoms with Gasteiger partial charge in [0.05, 0.1) is 6.61 Å². The van der Waals surface area contributed by atoms with E-state index in [1.807, 2.05) is 6.92 Å². The van der Waals surface area contributed by atoms with Crippen molar-refractivity contribution >= 4 is 11.7 Å². The van der Waals surface area contributed by atoms with Crippen LogP contribution in [0.1, 0.15) is 45.2 Å². The van der Waals surface area contributed by atoms with Crippen LogP contribution in [0.3, 0.4) is 0 Å². The van der Waals surface area contributed by atoms with Gasteiger partial charge in [-0.1, -0.05) is 19.9 Å². The highest BCUT2D eigenvalue weighted by molar-refractivity contribution is 6.00. The Bertz CT molecular complexity index is 913. The molecule has 26 heavy (non-hydrogen) atoms. The quantitative estimate of drug-likeness (QED) is 0.881. The van der Waals surface area contributed by atoms with Crippen LogP contribution in [-0.2, 0) is 4.79 Å². The number of carbonyl (C=O) groups excluding carboxylic acids is 1. The Hall–Kier alpha value is -2.83. The van der Waals surface area contributed by atoms with Gasteiger partial charge in [0.2, 0.25) is 5.95 Å². The lowest BCUT2D eigenvalue weighted by Gasteiger charge is -2.38. The molecule has 1 aromatic carbocycles. The Kier molecular flexibility index (Phi) is 3.75. The molecular weight excluding hydrogens is 332 g/mol. The van der Waals surface area contributed by atoms with Gasteiger partial charge in [-0.3, -0.25) is 4.79 Å². The summed E-state index contributed by atoms with van der Waals surface area (Å²) in [4.78, 5) is 17.3. The van der Waals surface area contributed by atoms with Gasteiger partial charge >= 0.3 is 0 Å². The first-order chi connectivity index (χ1) is 12.4. The van der Waals surface area contributed by atoms with Crippen LogP contribution < -0.4 is 10.1 Å². The van der Waals surface area contributed by atoms with Crippen molar-refractivity contribution in [3.05, 3.63) is 41.4 Å². The SMILES string of the molecule is CCOc1cc([C@@H]2C3=C(CC(C)(C)CC3=O)Nc3ncnn32)ccc1O. The predicted molar refractivity (Wildman–Crippen MR) is 96.1 cm³/mol. The third kappa shape index (κ3) is 2.64. The Morgan fingerprint density at radius 2 is 2.19 bits per heavy atom. The van der Waals surface area contributed by atoms with E-state index in [1.165, 1.54) is 6.33 Å². The predicted octanol–water partition coefficient (Wildman–Crippen LogP) is 3.04. The lowest BCUT2D eigenvalue weighted by Crippen LogP contribution is -2.36. The number of ketones is 1. The maximum atomic E-state index is 13.0. The summed E-state index contributed by atoms with van der Waals surface area (Å²) in [5.41, 5.74) is 2.36. The van der Waals surface area contributed by atoms with E-state index in [1.54, 1.807) is 22.9 Å². The molecular formula is C19H22N4O3. The molecule has 0 amide bonds. The molecule has 2 heterocycles. The van der Waals surface area contributed by atoms with E-state index in [2.05, 4.69) is 29.2 Å². The molecule has 2 N–H and O–H groups in total. The van der Waals surface area contributed by atoms with Gasteiger partial charge in [-0.25, -0.2) is 4.68 Å². The molecule has 136 valence electrons. The zero-order valence-electron chi connectivity index (χ0n) is 15.1. The fourth-order valence-corrected chi connectivity index (χ4v) is 3.83. The van der Waals surface area contributed by atoms with E-state index in [0.29, 0.717) is 24.7 Å². The van der Waals surface area contributed by atoms with E-state index < -0.39 is 0 Å². The molecule has 0 spiro atoms. The first-order valence-electron chi connectivity index (χ1n) is 8.78. The van der Waals surface area contributed by atoms with Crippen LogP contribution in [0.15, 0.2) is 35.8 Å². The van der Waals surface area contributed by atoms with Gasteiger partial charge in [0, 0.05) is 17.7 Å². The Balaban J connectivity index is 1.87. The third-order valence-electron chi connectivity index (χ3n) is 4.87. The summed E-state index contributed by atoms with van der Waals surface area (Å²) in [5, 5.41) is 17.6. The van der Waals surface area contributed by atoms with Gasteiger partial charge in [-0.2, -0.15) is 10.1 Å². The summed E-state index contributed by atoms with van der Waals surface area (Å²) in [7, 11) is 0. The summed E-state index contributed by atoms with van der Waals surface area (Å²) >= 11 is 0. The average molecular weight is 354 g/mol. The number of aromatic hydroxyl groups is 1. The largest absolute Gasteiger partial charge is 0.504 e. The fourth-order valence-electron chi connectivity index (χ4n) is 3.83. The summed E-state index contributed by atoms with van der Waals surface area (Å²) in [6, 6.07) is 4.79. The lowest BCUT2D eigenvalue weighted by atomic mass is 9.73. The van der Waals surface area contributed by atoms with Gasteiger partial charge in [0.1, 0.15) is 12.4 Å². The van der Waals surface area contributed by atoms with Crippen LogP contribution >= 0.6 is 0 Å².